The average molecular weight is 258 g/mol. The van der Waals surface area contributed by atoms with Crippen LogP contribution in [0.1, 0.15) is 27.7 Å². The summed E-state index contributed by atoms with van der Waals surface area (Å²) in [7, 11) is 0. The van der Waals surface area contributed by atoms with E-state index in [1.807, 2.05) is 6.92 Å². The zero-order valence-corrected chi connectivity index (χ0v) is 10.6. The summed E-state index contributed by atoms with van der Waals surface area (Å²) in [5, 5.41) is 9.84. The molecule has 0 aliphatic rings. The molecule has 2 rings (SSSR count). The lowest BCUT2D eigenvalue weighted by molar-refractivity contribution is 0.0511. The largest absolute Gasteiger partial charge is 0.381 e. The van der Waals surface area contributed by atoms with Gasteiger partial charge in [0.25, 0.3) is 0 Å². The fraction of sp³-hybridized carbons (Fsp3) is 0.188. The van der Waals surface area contributed by atoms with Crippen LogP contribution in [0, 0.1) is 6.92 Å². The summed E-state index contributed by atoms with van der Waals surface area (Å²) in [6, 6.07) is 14.9. The molecule has 0 fully saturated rings. The first-order valence-corrected chi connectivity index (χ1v) is 6.07. The highest BCUT2D eigenvalue weighted by molar-refractivity contribution is 5.99. The van der Waals surface area contributed by atoms with Crippen molar-refractivity contribution in [2.24, 2.45) is 0 Å². The summed E-state index contributed by atoms with van der Waals surface area (Å²) >= 11 is 0. The highest BCUT2D eigenvalue weighted by Crippen LogP contribution is 2.23. The Kier molecular flexibility index (Phi) is 4.07. The maximum absolute atomic E-state index is 14.1. The van der Waals surface area contributed by atoms with Crippen molar-refractivity contribution in [3.63, 3.8) is 0 Å². The van der Waals surface area contributed by atoms with Gasteiger partial charge >= 0.3 is 0 Å². The molecule has 0 spiro atoms. The highest BCUT2D eigenvalue weighted by atomic mass is 19.1. The quantitative estimate of drug-likeness (QED) is 0.855. The molecule has 2 nitrogen and oxygen atoms in total. The van der Waals surface area contributed by atoms with Crippen LogP contribution in [0.5, 0.6) is 0 Å². The fourth-order valence-corrected chi connectivity index (χ4v) is 1.84. The predicted molar refractivity (Wildman–Crippen MR) is 71.8 cm³/mol. The minimum absolute atomic E-state index is 0.301. The first-order valence-electron chi connectivity index (χ1n) is 6.07. The molecule has 1 N–H and O–H groups in total. The standard InChI is InChI=1S/C16H15FO2/c1-11-7-9-13(10-8-11)15(18)16(19)14(17)12-5-3-2-4-6-12/h2-10,14,16,19H,1H3/t14-,16-/m1/s1. The monoisotopic (exact) mass is 258 g/mol. The molecule has 2 aromatic rings. The molecule has 0 aromatic heterocycles. The lowest BCUT2D eigenvalue weighted by atomic mass is 9.98. The van der Waals surface area contributed by atoms with E-state index >= 15 is 0 Å². The average Bonchev–Trinajstić information content (AvgIpc) is 2.46. The van der Waals surface area contributed by atoms with Gasteiger partial charge in [0, 0.05) is 5.56 Å². The minimum atomic E-state index is -1.71. The van der Waals surface area contributed by atoms with E-state index in [4.69, 9.17) is 0 Å². The highest BCUT2D eigenvalue weighted by Gasteiger charge is 2.27. The third-order valence-corrected chi connectivity index (χ3v) is 3.00. The molecule has 0 unspecified atom stereocenters. The summed E-state index contributed by atoms with van der Waals surface area (Å²) in [5.74, 6) is -0.601. The zero-order valence-electron chi connectivity index (χ0n) is 10.6. The number of ketones is 1. The van der Waals surface area contributed by atoms with Crippen LogP contribution in [0.25, 0.3) is 0 Å². The number of aliphatic hydroxyl groups excluding tert-OH is 1. The van der Waals surface area contributed by atoms with Gasteiger partial charge in [-0.05, 0) is 12.5 Å². The Morgan fingerprint density at radius 1 is 1.05 bits per heavy atom. The van der Waals surface area contributed by atoms with Crippen LogP contribution in [-0.4, -0.2) is 17.0 Å². The number of alkyl halides is 1. The van der Waals surface area contributed by atoms with E-state index in [0.717, 1.165) is 5.56 Å². The van der Waals surface area contributed by atoms with E-state index in [0.29, 0.717) is 11.1 Å². The molecular weight excluding hydrogens is 243 g/mol. The Labute approximate surface area is 111 Å². The van der Waals surface area contributed by atoms with Crippen LogP contribution in [0.15, 0.2) is 54.6 Å². The number of carbonyl (C=O) groups is 1. The van der Waals surface area contributed by atoms with Gasteiger partial charge in [-0.3, -0.25) is 4.79 Å². The number of hydrogen-bond donors (Lipinski definition) is 1. The van der Waals surface area contributed by atoms with Gasteiger partial charge in [0.05, 0.1) is 0 Å². The van der Waals surface area contributed by atoms with Crippen molar-refractivity contribution in [3.05, 3.63) is 71.3 Å². The lowest BCUT2D eigenvalue weighted by Crippen LogP contribution is -2.25. The maximum atomic E-state index is 14.1. The Balaban J connectivity index is 2.17. The number of carbonyl (C=O) groups excluding carboxylic acids is 1. The second-order valence-electron chi connectivity index (χ2n) is 4.49. The number of benzene rings is 2. The van der Waals surface area contributed by atoms with Crippen molar-refractivity contribution >= 4 is 5.78 Å². The number of halogens is 1. The summed E-state index contributed by atoms with van der Waals surface area (Å²) in [5.41, 5.74) is 1.62. The van der Waals surface area contributed by atoms with Crippen LogP contribution in [-0.2, 0) is 0 Å². The number of rotatable bonds is 4. The van der Waals surface area contributed by atoms with Crippen molar-refractivity contribution < 1.29 is 14.3 Å². The van der Waals surface area contributed by atoms with Gasteiger partial charge in [-0.15, -0.1) is 0 Å². The van der Waals surface area contributed by atoms with Crippen LogP contribution < -0.4 is 0 Å². The fourth-order valence-electron chi connectivity index (χ4n) is 1.84. The smallest absolute Gasteiger partial charge is 0.194 e. The third kappa shape index (κ3) is 3.06. The number of Topliss-reactive ketones (excluding diaryl/α,β-unsaturated/α-hetero) is 1. The van der Waals surface area contributed by atoms with E-state index < -0.39 is 18.1 Å². The SMILES string of the molecule is Cc1ccc(C(=O)[C@H](O)[C@H](F)c2ccccc2)cc1. The first-order chi connectivity index (χ1) is 9.09. The van der Waals surface area contributed by atoms with Crippen LogP contribution in [0.4, 0.5) is 4.39 Å². The van der Waals surface area contributed by atoms with Crippen molar-refractivity contribution in [3.8, 4) is 0 Å². The Morgan fingerprint density at radius 2 is 1.63 bits per heavy atom. The number of aryl methyl sites for hydroxylation is 1. The molecule has 19 heavy (non-hydrogen) atoms. The second kappa shape index (κ2) is 5.76. The first kappa shape index (κ1) is 13.4. The molecule has 0 saturated carbocycles. The molecule has 0 aliphatic heterocycles. The molecule has 98 valence electrons. The molecule has 0 bridgehead atoms. The van der Waals surface area contributed by atoms with Crippen molar-refractivity contribution in [1.29, 1.82) is 0 Å². The van der Waals surface area contributed by atoms with Crippen LogP contribution in [0.2, 0.25) is 0 Å². The molecule has 0 heterocycles. The van der Waals surface area contributed by atoms with Gasteiger partial charge in [-0.2, -0.15) is 0 Å². The Hall–Kier alpha value is -2.00. The predicted octanol–water partition coefficient (Wildman–Crippen LogP) is 3.25. The van der Waals surface area contributed by atoms with Gasteiger partial charge < -0.3 is 5.11 Å². The van der Waals surface area contributed by atoms with Crippen molar-refractivity contribution in [2.75, 3.05) is 0 Å². The summed E-state index contributed by atoms with van der Waals surface area (Å²) < 4.78 is 14.1. The van der Waals surface area contributed by atoms with Crippen molar-refractivity contribution in [1.82, 2.24) is 0 Å². The second-order valence-corrected chi connectivity index (χ2v) is 4.49. The van der Waals surface area contributed by atoms with E-state index in [1.54, 1.807) is 54.6 Å². The minimum Gasteiger partial charge on any atom is -0.381 e. The van der Waals surface area contributed by atoms with E-state index in [1.165, 1.54) is 0 Å². The van der Waals surface area contributed by atoms with E-state index in [9.17, 15) is 14.3 Å². The Bertz CT molecular complexity index is 549. The molecule has 0 saturated heterocycles. The summed E-state index contributed by atoms with van der Waals surface area (Å²) in [4.78, 5) is 12.0. The third-order valence-electron chi connectivity index (χ3n) is 3.00. The van der Waals surface area contributed by atoms with Crippen LogP contribution in [0.3, 0.4) is 0 Å². The van der Waals surface area contributed by atoms with Gasteiger partial charge in [0.1, 0.15) is 0 Å². The molecule has 2 aromatic carbocycles. The van der Waals surface area contributed by atoms with Gasteiger partial charge in [0.2, 0.25) is 0 Å². The molecule has 0 aliphatic carbocycles. The van der Waals surface area contributed by atoms with Gasteiger partial charge in [0.15, 0.2) is 18.1 Å². The molecule has 3 heteroatoms. The topological polar surface area (TPSA) is 37.3 Å². The number of hydrogen-bond acceptors (Lipinski definition) is 2. The summed E-state index contributed by atoms with van der Waals surface area (Å²) in [6.07, 6.45) is -3.39. The lowest BCUT2D eigenvalue weighted by Gasteiger charge is -2.15. The molecular formula is C16H15FO2. The maximum Gasteiger partial charge on any atom is 0.194 e. The van der Waals surface area contributed by atoms with Crippen molar-refractivity contribution in [2.45, 2.75) is 19.2 Å². The van der Waals surface area contributed by atoms with Gasteiger partial charge in [-0.1, -0.05) is 60.2 Å². The summed E-state index contributed by atoms with van der Waals surface area (Å²) in [6.45, 7) is 1.90. The van der Waals surface area contributed by atoms with E-state index in [2.05, 4.69) is 0 Å². The zero-order chi connectivity index (χ0) is 13.8. The normalized spacial score (nSPS) is 13.8. The van der Waals surface area contributed by atoms with Gasteiger partial charge in [-0.25, -0.2) is 4.39 Å². The molecule has 0 amide bonds. The van der Waals surface area contributed by atoms with Crippen LogP contribution >= 0.6 is 0 Å². The molecule has 0 radical (unpaired) electrons. The Morgan fingerprint density at radius 3 is 2.21 bits per heavy atom. The molecule has 2 atom stereocenters. The number of aliphatic hydroxyl groups is 1. The van der Waals surface area contributed by atoms with E-state index in [-0.39, 0.29) is 0 Å².